The maximum absolute atomic E-state index is 12.8. The molecule has 10 atom stereocenters. The second kappa shape index (κ2) is 15.5. The molecule has 2 saturated heterocycles. The van der Waals surface area contributed by atoms with E-state index in [4.69, 9.17) is 39.0 Å². The van der Waals surface area contributed by atoms with Gasteiger partial charge < -0.3 is 49.6 Å². The van der Waals surface area contributed by atoms with E-state index in [0.29, 0.717) is 0 Å². The van der Waals surface area contributed by atoms with Gasteiger partial charge in [0.2, 0.25) is 0 Å². The summed E-state index contributed by atoms with van der Waals surface area (Å²) in [5.74, 6) is -0.0759. The molecule has 0 aliphatic carbocycles. The number of ether oxygens (including phenoxy) is 4. The molecule has 0 radical (unpaired) electrons. The van der Waals surface area contributed by atoms with Crippen LogP contribution < -0.4 is 17.0 Å². The summed E-state index contributed by atoms with van der Waals surface area (Å²) in [6, 6.07) is 1.04. The van der Waals surface area contributed by atoms with Gasteiger partial charge in [0.05, 0.1) is 36.8 Å². The highest BCUT2D eigenvalue weighted by atomic mass is 32.7. The Labute approximate surface area is 288 Å². The van der Waals surface area contributed by atoms with E-state index < -0.39 is 88.5 Å². The molecule has 2 unspecified atom stereocenters. The van der Waals surface area contributed by atoms with Gasteiger partial charge >= 0.3 is 28.1 Å². The highest BCUT2D eigenvalue weighted by molar-refractivity contribution is 8.45. The monoisotopic (exact) mass is 809 g/mol. The van der Waals surface area contributed by atoms with Crippen LogP contribution in [0.3, 0.4) is 0 Å². The van der Waals surface area contributed by atoms with Crippen LogP contribution in [0.1, 0.15) is 12.5 Å². The maximum atomic E-state index is 12.8. The van der Waals surface area contributed by atoms with Crippen LogP contribution in [0.5, 0.6) is 0 Å². The lowest BCUT2D eigenvalue weighted by Crippen LogP contribution is -2.37. The molecule has 278 valence electrons. The fourth-order valence-corrected chi connectivity index (χ4v) is 10.3. The fourth-order valence-electron chi connectivity index (χ4n) is 5.06. The molecule has 29 heteroatoms. The Morgan fingerprint density at radius 3 is 2.42 bits per heavy atom. The Balaban J connectivity index is 1.29. The topological polar surface area (TPSA) is 341 Å². The number of aliphatic hydroxyl groups excluding tert-OH is 2. The second-order valence-electron chi connectivity index (χ2n) is 10.4. The predicted molar refractivity (Wildman–Crippen MR) is 170 cm³/mol. The third kappa shape index (κ3) is 9.11. The molecule has 3 aromatic heterocycles. The third-order valence-electron chi connectivity index (χ3n) is 7.13. The van der Waals surface area contributed by atoms with Crippen molar-refractivity contribution in [2.75, 3.05) is 32.0 Å². The lowest BCUT2D eigenvalue weighted by atomic mass is 10.1. The number of rotatable bonds is 15. The number of phosphoric acid groups is 2. The average Bonchev–Trinajstić information content (AvgIpc) is 3.67. The molecular weight excluding hydrogens is 779 g/mol. The van der Waals surface area contributed by atoms with Gasteiger partial charge in [-0.1, -0.05) is 12.2 Å². The standard InChI is InChI=1S/C21H30N7O17P3S2/c1-39-15-16(50-8-40-4-9-13(30)14(31)19(42-9)27-3-2-11(29)26-21(27)32)10(5-41-48(38,49)45-47(36,37)44-46(33,34)35)43-20(15)28-7-25-12-17(22)23-6-24-18(12)28/h2-3,6-7,9-10,13-16,19-20,30-31H,4-5,8H2,1H3,(H,36,37)(H,38,49)(H2,22,23,24)(H,26,29,32)(H2,33,34,35)/t9-,10-,13-,14-,15-,16-,19-,20-,48?/m1/s1. The minimum absolute atomic E-state index is 0.0770. The van der Waals surface area contributed by atoms with E-state index in [0.717, 1.165) is 28.6 Å². The maximum Gasteiger partial charge on any atom is 0.488 e. The van der Waals surface area contributed by atoms with Crippen molar-refractivity contribution in [1.29, 1.82) is 0 Å². The molecule has 2 fully saturated rings. The Hall–Kier alpha value is -2.06. The van der Waals surface area contributed by atoms with Gasteiger partial charge in [-0.15, -0.1) is 11.8 Å². The number of fused-ring (bicyclic) bond motifs is 1. The van der Waals surface area contributed by atoms with E-state index >= 15 is 0 Å². The number of H-pyrrole nitrogens is 1. The van der Waals surface area contributed by atoms with E-state index in [1.807, 2.05) is 4.98 Å². The smallest absolute Gasteiger partial charge is 0.387 e. The highest BCUT2D eigenvalue weighted by Gasteiger charge is 2.49. The average molecular weight is 810 g/mol. The quantitative estimate of drug-likeness (QED) is 0.0389. The van der Waals surface area contributed by atoms with Gasteiger partial charge in [-0.2, -0.15) is 8.62 Å². The number of nitrogen functional groups attached to an aromatic ring is 1. The number of anilines is 1. The molecule has 2 aliphatic rings. The second-order valence-corrected chi connectivity index (χ2v) is 17.4. The zero-order valence-electron chi connectivity index (χ0n) is 25.2. The molecule has 3 aromatic rings. The lowest BCUT2D eigenvalue weighted by Gasteiger charge is -2.24. The number of methoxy groups -OCH3 is 1. The number of aromatic amines is 1. The van der Waals surface area contributed by atoms with Crippen molar-refractivity contribution < 1.29 is 70.7 Å². The molecule has 5 rings (SSSR count). The minimum atomic E-state index is -5.63. The number of hydrogen-bond acceptors (Lipinski definition) is 19. The van der Waals surface area contributed by atoms with Gasteiger partial charge in [-0.05, 0) is 0 Å². The summed E-state index contributed by atoms with van der Waals surface area (Å²) in [4.78, 5) is 65.2. The van der Waals surface area contributed by atoms with Gasteiger partial charge in [-0.25, -0.2) is 33.4 Å². The molecule has 5 heterocycles. The van der Waals surface area contributed by atoms with Crippen LogP contribution in [-0.2, 0) is 45.8 Å². The van der Waals surface area contributed by atoms with E-state index in [2.05, 4.69) is 35.8 Å². The van der Waals surface area contributed by atoms with Crippen molar-refractivity contribution in [3.63, 3.8) is 0 Å². The normalized spacial score (nSPS) is 29.7. The third-order valence-corrected chi connectivity index (χ3v) is 13.2. The molecule has 0 bridgehead atoms. The van der Waals surface area contributed by atoms with Crippen molar-refractivity contribution in [1.82, 2.24) is 29.1 Å². The first-order chi connectivity index (χ1) is 23.4. The lowest BCUT2D eigenvalue weighted by molar-refractivity contribution is -0.0631. The van der Waals surface area contributed by atoms with Crippen molar-refractivity contribution in [2.45, 2.75) is 48.2 Å². The van der Waals surface area contributed by atoms with E-state index in [1.165, 1.54) is 24.3 Å². The van der Waals surface area contributed by atoms with Crippen LogP contribution in [0, 0.1) is 0 Å². The van der Waals surface area contributed by atoms with Crippen LogP contribution in [0.4, 0.5) is 5.82 Å². The summed E-state index contributed by atoms with van der Waals surface area (Å²) in [5, 5.41) is 20.3. The van der Waals surface area contributed by atoms with Crippen LogP contribution in [0.2, 0.25) is 0 Å². The van der Waals surface area contributed by atoms with Crippen LogP contribution in [0.25, 0.3) is 11.2 Å². The number of thiol groups is 1. The number of aromatic nitrogens is 6. The first-order valence-electron chi connectivity index (χ1n) is 13.8. The van der Waals surface area contributed by atoms with Crippen molar-refractivity contribution in [3.05, 3.63) is 45.8 Å². The van der Waals surface area contributed by atoms with E-state index in [1.54, 1.807) is 0 Å². The first kappa shape index (κ1) is 39.2. The number of hydrogen-bond donors (Lipinski definition) is 8. The van der Waals surface area contributed by atoms with Crippen LogP contribution in [-0.4, -0.2) is 116 Å². The highest BCUT2D eigenvalue weighted by Crippen LogP contribution is 2.69. The molecule has 0 saturated carbocycles. The molecule has 2 aliphatic heterocycles. The molecule has 0 aromatic carbocycles. The Morgan fingerprint density at radius 2 is 1.74 bits per heavy atom. The number of nitrogens with two attached hydrogens (primary N) is 1. The summed E-state index contributed by atoms with van der Waals surface area (Å²) in [6.07, 6.45) is -4.77. The Bertz CT molecular complexity index is 1940. The van der Waals surface area contributed by atoms with Gasteiger partial charge in [0.15, 0.2) is 23.9 Å². The molecule has 0 spiro atoms. The Morgan fingerprint density at radius 1 is 1.02 bits per heavy atom. The molecular formula is C21H30N7O17P3S2. The summed E-state index contributed by atoms with van der Waals surface area (Å²) in [6.45, 7) is -5.80. The predicted octanol–water partition coefficient (Wildman–Crippen LogP) is -1.15. The SMILES string of the molecule is CO[C@@H]1[C@H](SCOC[C@H]2O[C@@H](n3ccc(=O)[nH]c3=O)[C@H](O)[C@@H]2O)[C@@H](COP(=O)(S)OP(=O)(O)OP(=O)(O)O)O[C@H]1n1cnc2c(N)ncnc21. The zero-order chi connectivity index (χ0) is 36.6. The van der Waals surface area contributed by atoms with Crippen molar-refractivity contribution >= 4 is 63.4 Å². The van der Waals surface area contributed by atoms with E-state index in [-0.39, 0.29) is 29.5 Å². The largest absolute Gasteiger partial charge is 0.488 e. The molecule has 0 amide bonds. The fraction of sp³-hybridized carbons (Fsp3) is 0.571. The number of nitrogens with one attached hydrogen (secondary N) is 1. The van der Waals surface area contributed by atoms with E-state index in [9.17, 15) is 38.4 Å². The summed E-state index contributed by atoms with van der Waals surface area (Å²) < 4.78 is 74.4. The van der Waals surface area contributed by atoms with Crippen LogP contribution >= 0.6 is 46.5 Å². The summed E-state index contributed by atoms with van der Waals surface area (Å²) in [7, 11) is -9.82. The minimum Gasteiger partial charge on any atom is -0.387 e. The first-order valence-corrected chi connectivity index (χ1v) is 20.6. The van der Waals surface area contributed by atoms with Gasteiger partial charge in [0.25, 0.3) is 5.56 Å². The Kier molecular flexibility index (Phi) is 12.1. The van der Waals surface area contributed by atoms with Crippen LogP contribution in [0.15, 0.2) is 34.5 Å². The summed E-state index contributed by atoms with van der Waals surface area (Å²) in [5.41, 5.74) is 4.88. The number of nitrogens with zero attached hydrogens (tertiary/aromatic N) is 5. The van der Waals surface area contributed by atoms with Crippen molar-refractivity contribution in [3.8, 4) is 0 Å². The van der Waals surface area contributed by atoms with Gasteiger partial charge in [-0.3, -0.25) is 23.4 Å². The molecule has 8 N–H and O–H groups in total. The van der Waals surface area contributed by atoms with Crippen molar-refractivity contribution in [2.24, 2.45) is 0 Å². The zero-order valence-corrected chi connectivity index (χ0v) is 29.6. The molecule has 50 heavy (non-hydrogen) atoms. The number of imidazole rings is 1. The van der Waals surface area contributed by atoms with Gasteiger partial charge in [0, 0.05) is 19.4 Å². The molecule has 24 nitrogen and oxygen atoms in total. The number of aliphatic hydroxyl groups is 2. The summed E-state index contributed by atoms with van der Waals surface area (Å²) >= 11 is 4.67. The van der Waals surface area contributed by atoms with Gasteiger partial charge in [0.1, 0.15) is 36.3 Å². The number of thioether (sulfide) groups is 1.